The summed E-state index contributed by atoms with van der Waals surface area (Å²) in [5, 5.41) is 1.20. The Morgan fingerprint density at radius 3 is 3.00 bits per heavy atom. The zero-order valence-corrected chi connectivity index (χ0v) is 11.4. The summed E-state index contributed by atoms with van der Waals surface area (Å²) in [6, 6.07) is 11.1. The summed E-state index contributed by atoms with van der Waals surface area (Å²) in [5.41, 5.74) is 8.79. The summed E-state index contributed by atoms with van der Waals surface area (Å²) in [4.78, 5) is 7.06. The molecule has 0 saturated carbocycles. The highest BCUT2D eigenvalue weighted by molar-refractivity contribution is 5.82. The first-order valence-corrected chi connectivity index (χ1v) is 7.14. The molecule has 2 heterocycles. The zero-order valence-electron chi connectivity index (χ0n) is 11.4. The Kier molecular flexibility index (Phi) is 3.49. The number of nitrogens with two attached hydrogens (primary N) is 1. The monoisotopic (exact) mass is 255 g/mol. The van der Waals surface area contributed by atoms with Crippen molar-refractivity contribution in [2.45, 2.75) is 31.8 Å². The van der Waals surface area contributed by atoms with Gasteiger partial charge in [0.2, 0.25) is 0 Å². The number of likely N-dealkylation sites (tertiary alicyclic amines) is 1. The van der Waals surface area contributed by atoms with Crippen LogP contribution in [0.3, 0.4) is 0 Å². The molecule has 19 heavy (non-hydrogen) atoms. The lowest BCUT2D eigenvalue weighted by molar-refractivity contribution is 0.137. The molecule has 3 heteroatoms. The Labute approximate surface area is 114 Å². The van der Waals surface area contributed by atoms with Gasteiger partial charge in [-0.25, -0.2) is 0 Å². The molecule has 100 valence electrons. The van der Waals surface area contributed by atoms with Gasteiger partial charge in [0, 0.05) is 17.6 Å². The summed E-state index contributed by atoms with van der Waals surface area (Å²) < 4.78 is 0. The second kappa shape index (κ2) is 5.27. The van der Waals surface area contributed by atoms with Crippen LogP contribution in [-0.2, 0) is 0 Å². The van der Waals surface area contributed by atoms with Crippen LogP contribution in [0.15, 0.2) is 36.5 Å². The Morgan fingerprint density at radius 2 is 2.16 bits per heavy atom. The van der Waals surface area contributed by atoms with E-state index >= 15 is 0 Å². The third kappa shape index (κ3) is 2.24. The molecule has 0 aliphatic carbocycles. The predicted octanol–water partition coefficient (Wildman–Crippen LogP) is 2.72. The van der Waals surface area contributed by atoms with E-state index in [1.54, 1.807) is 0 Å². The number of rotatable bonds is 2. The summed E-state index contributed by atoms with van der Waals surface area (Å²) >= 11 is 0. The van der Waals surface area contributed by atoms with E-state index in [0.717, 1.165) is 25.0 Å². The number of benzene rings is 1. The highest BCUT2D eigenvalue weighted by Crippen LogP contribution is 2.33. The molecule has 3 rings (SSSR count). The van der Waals surface area contributed by atoms with Gasteiger partial charge in [-0.2, -0.15) is 0 Å². The second-order valence-corrected chi connectivity index (χ2v) is 5.30. The Morgan fingerprint density at radius 1 is 1.32 bits per heavy atom. The fourth-order valence-corrected chi connectivity index (χ4v) is 3.25. The molecule has 2 unspecified atom stereocenters. The number of hydrogen-bond acceptors (Lipinski definition) is 3. The molecule has 1 saturated heterocycles. The first-order valence-electron chi connectivity index (χ1n) is 7.14. The molecule has 1 aliphatic rings. The van der Waals surface area contributed by atoms with Crippen LogP contribution in [-0.4, -0.2) is 29.0 Å². The fourth-order valence-electron chi connectivity index (χ4n) is 3.25. The lowest BCUT2D eigenvalue weighted by atomic mass is 9.89. The van der Waals surface area contributed by atoms with Gasteiger partial charge in [0.15, 0.2) is 0 Å². The van der Waals surface area contributed by atoms with Crippen molar-refractivity contribution < 1.29 is 0 Å². The van der Waals surface area contributed by atoms with Crippen LogP contribution in [0.2, 0.25) is 0 Å². The van der Waals surface area contributed by atoms with E-state index in [4.69, 9.17) is 5.73 Å². The third-order valence-electron chi connectivity index (χ3n) is 4.17. The molecule has 2 N–H and O–H groups in total. The van der Waals surface area contributed by atoms with E-state index in [0.29, 0.717) is 6.04 Å². The average Bonchev–Trinajstić information content (AvgIpc) is 2.46. The van der Waals surface area contributed by atoms with Crippen LogP contribution in [0.25, 0.3) is 10.9 Å². The van der Waals surface area contributed by atoms with Gasteiger partial charge in [-0.3, -0.25) is 9.88 Å². The predicted molar refractivity (Wildman–Crippen MR) is 78.9 cm³/mol. The number of nitrogens with zero attached hydrogens (tertiary/aromatic N) is 2. The van der Waals surface area contributed by atoms with Crippen molar-refractivity contribution in [3.8, 4) is 0 Å². The highest BCUT2D eigenvalue weighted by atomic mass is 15.2. The van der Waals surface area contributed by atoms with Crippen LogP contribution < -0.4 is 5.73 Å². The van der Waals surface area contributed by atoms with Gasteiger partial charge in [0.25, 0.3) is 0 Å². The molecule has 0 bridgehead atoms. The normalized spacial score (nSPS) is 24.7. The molecule has 0 radical (unpaired) electrons. The smallest absolute Gasteiger partial charge is 0.0750 e. The summed E-state index contributed by atoms with van der Waals surface area (Å²) in [6.45, 7) is 4.39. The molecule has 1 aliphatic heterocycles. The van der Waals surface area contributed by atoms with Gasteiger partial charge in [-0.15, -0.1) is 0 Å². The molecule has 1 aromatic carbocycles. The quantitative estimate of drug-likeness (QED) is 0.897. The molecule has 1 aromatic heterocycles. The summed E-state index contributed by atoms with van der Waals surface area (Å²) in [6.07, 6.45) is 4.17. The topological polar surface area (TPSA) is 42.1 Å². The van der Waals surface area contributed by atoms with Crippen LogP contribution >= 0.6 is 0 Å². The minimum Gasteiger partial charge on any atom is -0.326 e. The van der Waals surface area contributed by atoms with Crippen LogP contribution in [0.4, 0.5) is 0 Å². The van der Waals surface area contributed by atoms with Crippen molar-refractivity contribution in [2.75, 3.05) is 13.1 Å². The number of hydrogen-bond donors (Lipinski definition) is 1. The van der Waals surface area contributed by atoms with Crippen molar-refractivity contribution in [3.63, 3.8) is 0 Å². The van der Waals surface area contributed by atoms with E-state index in [-0.39, 0.29) is 6.04 Å². The maximum absolute atomic E-state index is 6.40. The van der Waals surface area contributed by atoms with Gasteiger partial charge < -0.3 is 5.73 Å². The maximum atomic E-state index is 6.40. The molecule has 0 spiro atoms. The van der Waals surface area contributed by atoms with Gasteiger partial charge in [-0.05, 0) is 37.6 Å². The van der Waals surface area contributed by atoms with Crippen molar-refractivity contribution in [2.24, 2.45) is 5.73 Å². The zero-order chi connectivity index (χ0) is 13.2. The van der Waals surface area contributed by atoms with E-state index in [2.05, 4.69) is 41.1 Å². The molecular formula is C16H21N3. The Balaban J connectivity index is 2.11. The van der Waals surface area contributed by atoms with E-state index < -0.39 is 0 Å². The largest absolute Gasteiger partial charge is 0.326 e. The molecule has 2 aromatic rings. The molecular weight excluding hydrogens is 234 g/mol. The van der Waals surface area contributed by atoms with Crippen molar-refractivity contribution in [3.05, 3.63) is 42.1 Å². The number of pyridine rings is 1. The minimum absolute atomic E-state index is 0.210. The summed E-state index contributed by atoms with van der Waals surface area (Å²) in [7, 11) is 0. The van der Waals surface area contributed by atoms with E-state index in [1.165, 1.54) is 17.4 Å². The number of fused-ring (bicyclic) bond motifs is 1. The second-order valence-electron chi connectivity index (χ2n) is 5.30. The maximum Gasteiger partial charge on any atom is 0.0750 e. The van der Waals surface area contributed by atoms with E-state index in [9.17, 15) is 0 Å². The lowest BCUT2D eigenvalue weighted by Gasteiger charge is -2.39. The number of likely N-dealkylation sites (N-methyl/N-ethyl adjacent to an activating group) is 1. The van der Waals surface area contributed by atoms with Crippen molar-refractivity contribution >= 4 is 10.9 Å². The summed E-state index contributed by atoms with van der Waals surface area (Å²) in [5.74, 6) is 0. The van der Waals surface area contributed by atoms with Gasteiger partial charge >= 0.3 is 0 Å². The molecule has 1 fully saturated rings. The third-order valence-corrected chi connectivity index (χ3v) is 4.17. The standard InChI is InChI=1S/C16H21N3/c1-2-19-11-5-9-14(17)16(19)13-8-3-6-12-7-4-10-18-15(12)13/h3-4,6-8,10,14,16H,2,5,9,11,17H2,1H3. The lowest BCUT2D eigenvalue weighted by Crippen LogP contribution is -2.45. The van der Waals surface area contributed by atoms with Crippen LogP contribution in [0.1, 0.15) is 31.4 Å². The number of para-hydroxylation sites is 1. The number of aromatic nitrogens is 1. The van der Waals surface area contributed by atoms with Crippen LogP contribution in [0.5, 0.6) is 0 Å². The van der Waals surface area contributed by atoms with Crippen molar-refractivity contribution in [1.82, 2.24) is 9.88 Å². The van der Waals surface area contributed by atoms with Gasteiger partial charge in [0.1, 0.15) is 0 Å². The van der Waals surface area contributed by atoms with E-state index in [1.807, 2.05) is 12.3 Å². The number of piperidine rings is 1. The average molecular weight is 255 g/mol. The molecule has 3 nitrogen and oxygen atoms in total. The molecule has 2 atom stereocenters. The first-order chi connectivity index (χ1) is 9.31. The SMILES string of the molecule is CCN1CCCC(N)C1c1cccc2cccnc12. The highest BCUT2D eigenvalue weighted by Gasteiger charge is 2.30. The Hall–Kier alpha value is -1.45. The molecule has 0 amide bonds. The van der Waals surface area contributed by atoms with Crippen molar-refractivity contribution in [1.29, 1.82) is 0 Å². The van der Waals surface area contributed by atoms with Gasteiger partial charge in [-0.1, -0.05) is 31.2 Å². The van der Waals surface area contributed by atoms with Crippen LogP contribution in [0, 0.1) is 0 Å². The van der Waals surface area contributed by atoms with Gasteiger partial charge in [0.05, 0.1) is 11.6 Å². The first kappa shape index (κ1) is 12.6. The fraction of sp³-hybridized carbons (Fsp3) is 0.438. The Bertz CT molecular complexity index is 561. The minimum atomic E-state index is 0.210.